The van der Waals surface area contributed by atoms with Crippen molar-refractivity contribution in [1.82, 2.24) is 0 Å². The number of benzene rings is 1. The lowest BCUT2D eigenvalue weighted by atomic mass is 9.92. The Labute approximate surface area is 102 Å². The van der Waals surface area contributed by atoms with Gasteiger partial charge in [-0.05, 0) is 43.7 Å². The Morgan fingerprint density at radius 3 is 2.47 bits per heavy atom. The van der Waals surface area contributed by atoms with Crippen LogP contribution in [0.15, 0.2) is 35.4 Å². The topological polar surface area (TPSA) is 29.5 Å². The van der Waals surface area contributed by atoms with Gasteiger partial charge in [-0.25, -0.2) is 0 Å². The van der Waals surface area contributed by atoms with Gasteiger partial charge in [0.15, 0.2) is 0 Å². The van der Waals surface area contributed by atoms with Crippen LogP contribution in [0.1, 0.15) is 13.8 Å². The zero-order valence-electron chi connectivity index (χ0n) is 10.4. The fraction of sp³-hybridized carbons (Fsp3) is 0.357. The van der Waals surface area contributed by atoms with Crippen LogP contribution < -0.4 is 9.64 Å². The van der Waals surface area contributed by atoms with Crippen LogP contribution in [0.5, 0.6) is 5.75 Å². The molecule has 1 fully saturated rings. The van der Waals surface area contributed by atoms with E-state index in [-0.39, 0.29) is 6.04 Å². The standard InChI is InChI=1S/C14H17NO2/c1-10(2)13-8-15(14(13)9-16)11-4-6-12(17-3)7-5-11/h4-7,9,14H,8H2,1-3H3/t14-/m1/s1. The minimum absolute atomic E-state index is 0.0894. The Kier molecular flexibility index (Phi) is 3.18. The number of nitrogens with zero attached hydrogens (tertiary/aromatic N) is 1. The van der Waals surface area contributed by atoms with E-state index in [0.717, 1.165) is 24.3 Å². The molecular formula is C14H17NO2. The highest BCUT2D eigenvalue weighted by molar-refractivity contribution is 5.77. The number of carbonyl (C=O) groups is 1. The second-order valence-electron chi connectivity index (χ2n) is 4.43. The van der Waals surface area contributed by atoms with Crippen LogP contribution in [0.4, 0.5) is 5.69 Å². The number of aldehydes is 1. The molecule has 0 N–H and O–H groups in total. The van der Waals surface area contributed by atoms with Crippen molar-refractivity contribution >= 4 is 12.0 Å². The molecule has 3 heteroatoms. The first kappa shape index (κ1) is 11.7. The van der Waals surface area contributed by atoms with Crippen molar-refractivity contribution in [3.8, 4) is 5.75 Å². The SMILES string of the molecule is COc1ccc(N2CC(=C(C)C)[C@H]2C=O)cc1. The summed E-state index contributed by atoms with van der Waals surface area (Å²) in [6.07, 6.45) is 1.01. The highest BCUT2D eigenvalue weighted by Gasteiger charge is 2.33. The zero-order chi connectivity index (χ0) is 12.4. The van der Waals surface area contributed by atoms with E-state index < -0.39 is 0 Å². The first-order chi connectivity index (χ1) is 8.17. The maximum Gasteiger partial charge on any atom is 0.146 e. The molecule has 2 rings (SSSR count). The molecule has 0 amide bonds. The van der Waals surface area contributed by atoms with Crippen LogP contribution in [0, 0.1) is 0 Å². The first-order valence-electron chi connectivity index (χ1n) is 5.69. The lowest BCUT2D eigenvalue weighted by Crippen LogP contribution is -2.52. The van der Waals surface area contributed by atoms with Gasteiger partial charge in [-0.2, -0.15) is 0 Å². The summed E-state index contributed by atoms with van der Waals surface area (Å²) < 4.78 is 5.12. The Morgan fingerprint density at radius 2 is 2.00 bits per heavy atom. The predicted octanol–water partition coefficient (Wildman–Crippen LogP) is 2.42. The molecule has 90 valence electrons. The molecule has 1 aromatic carbocycles. The smallest absolute Gasteiger partial charge is 0.146 e. The van der Waals surface area contributed by atoms with Gasteiger partial charge in [0.25, 0.3) is 0 Å². The van der Waals surface area contributed by atoms with Gasteiger partial charge in [-0.1, -0.05) is 5.57 Å². The van der Waals surface area contributed by atoms with Crippen molar-refractivity contribution in [1.29, 1.82) is 0 Å². The summed E-state index contributed by atoms with van der Waals surface area (Å²) in [4.78, 5) is 13.2. The van der Waals surface area contributed by atoms with Crippen LogP contribution in [0.25, 0.3) is 0 Å². The van der Waals surface area contributed by atoms with Crippen LogP contribution in [0.2, 0.25) is 0 Å². The molecule has 1 heterocycles. The van der Waals surface area contributed by atoms with Gasteiger partial charge >= 0.3 is 0 Å². The lowest BCUT2D eigenvalue weighted by Gasteiger charge is -2.43. The van der Waals surface area contributed by atoms with Crippen LogP contribution in [-0.2, 0) is 4.79 Å². The fourth-order valence-corrected chi connectivity index (χ4v) is 2.09. The van der Waals surface area contributed by atoms with E-state index in [1.807, 2.05) is 24.3 Å². The van der Waals surface area contributed by atoms with Gasteiger partial charge in [0.1, 0.15) is 18.1 Å². The number of methoxy groups -OCH3 is 1. The molecule has 0 saturated carbocycles. The summed E-state index contributed by atoms with van der Waals surface area (Å²) in [5.74, 6) is 0.833. The Bertz CT molecular complexity index is 444. The molecular weight excluding hydrogens is 214 g/mol. The third-order valence-corrected chi connectivity index (χ3v) is 3.21. The molecule has 1 atom stereocenters. The van der Waals surface area contributed by atoms with Crippen LogP contribution in [0.3, 0.4) is 0 Å². The zero-order valence-corrected chi connectivity index (χ0v) is 10.4. The number of hydrogen-bond acceptors (Lipinski definition) is 3. The lowest BCUT2D eigenvalue weighted by molar-refractivity contribution is -0.108. The summed E-state index contributed by atoms with van der Waals surface area (Å²) in [6, 6.07) is 7.71. The molecule has 0 aliphatic carbocycles. The van der Waals surface area contributed by atoms with E-state index in [9.17, 15) is 4.79 Å². The highest BCUT2D eigenvalue weighted by Crippen LogP contribution is 2.32. The van der Waals surface area contributed by atoms with Crippen molar-refractivity contribution in [3.63, 3.8) is 0 Å². The quantitative estimate of drug-likeness (QED) is 0.591. The molecule has 0 spiro atoms. The van der Waals surface area contributed by atoms with Gasteiger partial charge in [-0.15, -0.1) is 0 Å². The molecule has 3 nitrogen and oxygen atoms in total. The second kappa shape index (κ2) is 4.62. The van der Waals surface area contributed by atoms with Crippen molar-refractivity contribution < 1.29 is 9.53 Å². The second-order valence-corrected chi connectivity index (χ2v) is 4.43. The van der Waals surface area contributed by atoms with Crippen LogP contribution in [-0.4, -0.2) is 26.0 Å². The van der Waals surface area contributed by atoms with Gasteiger partial charge < -0.3 is 14.4 Å². The van der Waals surface area contributed by atoms with E-state index in [0.29, 0.717) is 0 Å². The molecule has 17 heavy (non-hydrogen) atoms. The summed E-state index contributed by atoms with van der Waals surface area (Å²) in [7, 11) is 1.65. The Balaban J connectivity index is 2.19. The van der Waals surface area contributed by atoms with E-state index in [1.165, 1.54) is 11.1 Å². The van der Waals surface area contributed by atoms with Gasteiger partial charge in [0.05, 0.1) is 7.11 Å². The molecule has 1 aromatic rings. The van der Waals surface area contributed by atoms with Crippen molar-refractivity contribution in [3.05, 3.63) is 35.4 Å². The molecule has 1 saturated heterocycles. The summed E-state index contributed by atoms with van der Waals surface area (Å²) in [5.41, 5.74) is 3.54. The molecule has 0 radical (unpaired) electrons. The van der Waals surface area contributed by atoms with E-state index >= 15 is 0 Å². The average Bonchev–Trinajstić information content (AvgIpc) is 2.29. The van der Waals surface area contributed by atoms with Crippen molar-refractivity contribution in [2.45, 2.75) is 19.9 Å². The molecule has 1 aliphatic heterocycles. The number of ether oxygens (including phenoxy) is 1. The monoisotopic (exact) mass is 231 g/mol. The summed E-state index contributed by atoms with van der Waals surface area (Å²) in [5, 5.41) is 0. The van der Waals surface area contributed by atoms with Crippen LogP contribution >= 0.6 is 0 Å². The summed E-state index contributed by atoms with van der Waals surface area (Å²) in [6.45, 7) is 4.95. The first-order valence-corrected chi connectivity index (χ1v) is 5.69. The highest BCUT2D eigenvalue weighted by atomic mass is 16.5. The largest absolute Gasteiger partial charge is 0.497 e. The number of rotatable bonds is 3. The predicted molar refractivity (Wildman–Crippen MR) is 68.6 cm³/mol. The normalized spacial score (nSPS) is 18.6. The van der Waals surface area contributed by atoms with E-state index in [2.05, 4.69) is 18.7 Å². The minimum atomic E-state index is -0.0894. The molecule has 0 bridgehead atoms. The molecule has 0 aromatic heterocycles. The van der Waals surface area contributed by atoms with Gasteiger partial charge in [0, 0.05) is 12.2 Å². The third kappa shape index (κ3) is 2.05. The Morgan fingerprint density at radius 1 is 1.35 bits per heavy atom. The van der Waals surface area contributed by atoms with Crippen molar-refractivity contribution in [2.24, 2.45) is 0 Å². The maximum absolute atomic E-state index is 11.1. The van der Waals surface area contributed by atoms with E-state index in [1.54, 1.807) is 7.11 Å². The number of hydrogen-bond donors (Lipinski definition) is 0. The molecule has 1 aliphatic rings. The number of allylic oxidation sites excluding steroid dienone is 1. The minimum Gasteiger partial charge on any atom is -0.497 e. The van der Waals surface area contributed by atoms with E-state index in [4.69, 9.17) is 4.74 Å². The molecule has 0 unspecified atom stereocenters. The third-order valence-electron chi connectivity index (χ3n) is 3.21. The van der Waals surface area contributed by atoms with Crippen molar-refractivity contribution in [2.75, 3.05) is 18.6 Å². The maximum atomic E-state index is 11.1. The Hall–Kier alpha value is -1.77. The number of anilines is 1. The van der Waals surface area contributed by atoms with Gasteiger partial charge in [0.2, 0.25) is 0 Å². The van der Waals surface area contributed by atoms with Gasteiger partial charge in [-0.3, -0.25) is 0 Å². The summed E-state index contributed by atoms with van der Waals surface area (Å²) >= 11 is 0. The fourth-order valence-electron chi connectivity index (χ4n) is 2.09. The number of carbonyl (C=O) groups excluding carboxylic acids is 1. The average molecular weight is 231 g/mol.